The van der Waals surface area contributed by atoms with Gasteiger partial charge in [-0.15, -0.1) is 11.3 Å². The van der Waals surface area contributed by atoms with Gasteiger partial charge in [-0.2, -0.15) is 0 Å². The van der Waals surface area contributed by atoms with E-state index in [1.54, 1.807) is 11.3 Å². The van der Waals surface area contributed by atoms with E-state index in [1.807, 2.05) is 0 Å². The van der Waals surface area contributed by atoms with Gasteiger partial charge in [0.15, 0.2) is 0 Å². The third-order valence-corrected chi connectivity index (χ3v) is 6.81. The van der Waals surface area contributed by atoms with E-state index in [0.717, 1.165) is 57.1 Å². The van der Waals surface area contributed by atoms with Gasteiger partial charge in [-0.25, -0.2) is 4.98 Å². The van der Waals surface area contributed by atoms with Crippen molar-refractivity contribution < 1.29 is 9.53 Å². The van der Waals surface area contributed by atoms with E-state index in [2.05, 4.69) is 27.1 Å². The fourth-order valence-corrected chi connectivity index (χ4v) is 5.07. The highest BCUT2D eigenvalue weighted by Crippen LogP contribution is 2.41. The lowest BCUT2D eigenvalue weighted by atomic mass is 9.77. The van der Waals surface area contributed by atoms with Crippen LogP contribution in [0.5, 0.6) is 0 Å². The van der Waals surface area contributed by atoms with Crippen molar-refractivity contribution in [2.24, 2.45) is 11.3 Å². The van der Waals surface area contributed by atoms with Gasteiger partial charge in [0, 0.05) is 38.2 Å². The molecule has 0 saturated carbocycles. The van der Waals surface area contributed by atoms with Crippen molar-refractivity contribution in [3.63, 3.8) is 0 Å². The van der Waals surface area contributed by atoms with Gasteiger partial charge in [-0.05, 0) is 44.6 Å². The third-order valence-electron chi connectivity index (χ3n) is 5.98. The molecule has 1 aromatic rings. The van der Waals surface area contributed by atoms with Crippen LogP contribution >= 0.6 is 11.3 Å². The highest BCUT2D eigenvalue weighted by Gasteiger charge is 2.42. The van der Waals surface area contributed by atoms with Crippen LogP contribution in [0.25, 0.3) is 0 Å². The van der Waals surface area contributed by atoms with Crippen LogP contribution in [0.1, 0.15) is 36.4 Å². The Bertz CT molecular complexity index is 589. The Morgan fingerprint density at radius 1 is 1.38 bits per heavy atom. The maximum atomic E-state index is 12.5. The fourth-order valence-electron chi connectivity index (χ4n) is 4.47. The molecule has 24 heavy (non-hydrogen) atoms. The number of likely N-dealkylation sites (tertiary alicyclic amines) is 2. The first kappa shape index (κ1) is 16.5. The van der Waals surface area contributed by atoms with Crippen LogP contribution < -0.4 is 0 Å². The van der Waals surface area contributed by atoms with Crippen LogP contribution in [-0.2, 0) is 16.1 Å². The number of hydrogen-bond acceptors (Lipinski definition) is 5. The molecule has 3 saturated heterocycles. The first-order chi connectivity index (χ1) is 11.6. The number of aryl methyl sites for hydroxylation is 1. The van der Waals surface area contributed by atoms with E-state index >= 15 is 0 Å². The standard InChI is InChI=1S/C18H27N3O2S/c1-14-19-16(12-24-14)10-20-6-3-18(13-20)4-7-21(8-5-18)17(22)15-2-9-23-11-15/h12,15H,2-11,13H2,1H3/t15-/m1/s1. The van der Waals surface area contributed by atoms with Crippen molar-refractivity contribution in [1.82, 2.24) is 14.8 Å². The van der Waals surface area contributed by atoms with Crippen molar-refractivity contribution in [1.29, 1.82) is 0 Å². The quantitative estimate of drug-likeness (QED) is 0.840. The van der Waals surface area contributed by atoms with Gasteiger partial charge in [0.25, 0.3) is 0 Å². The number of ether oxygens (including phenoxy) is 1. The predicted molar refractivity (Wildman–Crippen MR) is 93.9 cm³/mol. The monoisotopic (exact) mass is 349 g/mol. The van der Waals surface area contributed by atoms with Crippen molar-refractivity contribution in [3.8, 4) is 0 Å². The molecular formula is C18H27N3O2S. The van der Waals surface area contributed by atoms with Crippen LogP contribution in [-0.4, -0.2) is 60.1 Å². The number of carbonyl (C=O) groups is 1. The molecule has 1 aromatic heterocycles. The summed E-state index contributed by atoms with van der Waals surface area (Å²) in [4.78, 5) is 21.8. The molecule has 0 unspecified atom stereocenters. The van der Waals surface area contributed by atoms with Crippen molar-refractivity contribution in [3.05, 3.63) is 16.1 Å². The summed E-state index contributed by atoms with van der Waals surface area (Å²) in [5.74, 6) is 0.446. The topological polar surface area (TPSA) is 45.7 Å². The smallest absolute Gasteiger partial charge is 0.228 e. The summed E-state index contributed by atoms with van der Waals surface area (Å²) in [6, 6.07) is 0. The van der Waals surface area contributed by atoms with Crippen LogP contribution in [0.4, 0.5) is 0 Å². The zero-order valence-corrected chi connectivity index (χ0v) is 15.3. The summed E-state index contributed by atoms with van der Waals surface area (Å²) in [6.45, 7) is 8.62. The molecule has 0 bridgehead atoms. The number of rotatable bonds is 3. The summed E-state index contributed by atoms with van der Waals surface area (Å²) >= 11 is 1.74. The second-order valence-corrected chi connectivity index (χ2v) is 8.77. The number of amides is 1. The highest BCUT2D eigenvalue weighted by atomic mass is 32.1. The van der Waals surface area contributed by atoms with Crippen molar-refractivity contribution >= 4 is 17.2 Å². The third kappa shape index (κ3) is 3.37. The summed E-state index contributed by atoms with van der Waals surface area (Å²) in [7, 11) is 0. The molecular weight excluding hydrogens is 322 g/mol. The van der Waals surface area contributed by atoms with Crippen LogP contribution in [0.2, 0.25) is 0 Å². The maximum absolute atomic E-state index is 12.5. The van der Waals surface area contributed by atoms with Gasteiger partial charge in [0.05, 0.1) is 23.2 Å². The molecule has 4 rings (SSSR count). The minimum atomic E-state index is 0.118. The Kier molecular flexibility index (Phi) is 4.62. The van der Waals surface area contributed by atoms with Crippen molar-refractivity contribution in [2.45, 2.75) is 39.2 Å². The van der Waals surface area contributed by atoms with Crippen LogP contribution in [0.15, 0.2) is 5.38 Å². The number of aromatic nitrogens is 1. The first-order valence-electron chi connectivity index (χ1n) is 9.13. The Balaban J connectivity index is 1.29. The van der Waals surface area contributed by atoms with Gasteiger partial charge in [0.1, 0.15) is 0 Å². The van der Waals surface area contributed by atoms with Crippen molar-refractivity contribution in [2.75, 3.05) is 39.4 Å². The summed E-state index contributed by atoms with van der Waals surface area (Å²) in [5.41, 5.74) is 1.64. The van der Waals surface area contributed by atoms with Gasteiger partial charge in [-0.1, -0.05) is 0 Å². The van der Waals surface area contributed by atoms with E-state index < -0.39 is 0 Å². The second-order valence-electron chi connectivity index (χ2n) is 7.70. The molecule has 4 heterocycles. The van der Waals surface area contributed by atoms with E-state index in [9.17, 15) is 4.79 Å². The maximum Gasteiger partial charge on any atom is 0.228 e. The number of nitrogens with zero attached hydrogens (tertiary/aromatic N) is 3. The Morgan fingerprint density at radius 3 is 2.83 bits per heavy atom. The zero-order chi connectivity index (χ0) is 16.6. The van der Waals surface area contributed by atoms with Gasteiger partial charge in [-0.3, -0.25) is 9.69 Å². The highest BCUT2D eigenvalue weighted by molar-refractivity contribution is 7.09. The molecule has 0 aliphatic carbocycles. The molecule has 0 aromatic carbocycles. The summed E-state index contributed by atoms with van der Waals surface area (Å²) in [5, 5.41) is 3.34. The average molecular weight is 350 g/mol. The van der Waals surface area contributed by atoms with Gasteiger partial charge < -0.3 is 9.64 Å². The lowest BCUT2D eigenvalue weighted by Gasteiger charge is -2.40. The molecule has 0 N–H and O–H groups in total. The second kappa shape index (κ2) is 6.73. The molecule has 1 spiro atoms. The number of piperidine rings is 1. The molecule has 0 radical (unpaired) electrons. The largest absolute Gasteiger partial charge is 0.381 e. The Morgan fingerprint density at radius 2 is 2.17 bits per heavy atom. The van der Waals surface area contributed by atoms with Gasteiger partial charge >= 0.3 is 0 Å². The van der Waals surface area contributed by atoms with E-state index in [0.29, 0.717) is 17.9 Å². The molecule has 3 fully saturated rings. The Hall–Kier alpha value is -0.980. The zero-order valence-electron chi connectivity index (χ0n) is 14.5. The fraction of sp³-hybridized carbons (Fsp3) is 0.778. The Labute approximate surface area is 148 Å². The van der Waals surface area contributed by atoms with Gasteiger partial charge in [0.2, 0.25) is 5.91 Å². The summed E-state index contributed by atoms with van der Waals surface area (Å²) in [6.07, 6.45) is 4.48. The van der Waals surface area contributed by atoms with E-state index in [-0.39, 0.29) is 5.92 Å². The molecule has 3 aliphatic heterocycles. The average Bonchev–Trinajstić information content (AvgIpc) is 3.31. The molecule has 6 heteroatoms. The predicted octanol–water partition coefficient (Wildman–Crippen LogP) is 2.30. The number of thiazole rings is 1. The molecule has 132 valence electrons. The molecule has 1 atom stereocenters. The minimum absolute atomic E-state index is 0.118. The lowest BCUT2D eigenvalue weighted by molar-refractivity contribution is -0.137. The normalized spacial score (nSPS) is 27.2. The molecule has 5 nitrogen and oxygen atoms in total. The first-order valence-corrected chi connectivity index (χ1v) is 10.0. The minimum Gasteiger partial charge on any atom is -0.381 e. The lowest BCUT2D eigenvalue weighted by Crippen LogP contribution is -2.46. The number of hydrogen-bond donors (Lipinski definition) is 0. The summed E-state index contributed by atoms with van der Waals surface area (Å²) < 4.78 is 5.38. The van der Waals surface area contributed by atoms with E-state index in [4.69, 9.17) is 4.74 Å². The van der Waals surface area contributed by atoms with E-state index in [1.165, 1.54) is 18.7 Å². The molecule has 1 amide bonds. The SMILES string of the molecule is Cc1nc(CN2CCC3(CCN(C(=O)[C@@H]4CCOC4)CC3)C2)cs1. The van der Waals surface area contributed by atoms with Crippen LogP contribution in [0.3, 0.4) is 0 Å². The van der Waals surface area contributed by atoms with Crippen LogP contribution in [0, 0.1) is 18.3 Å². The molecule has 3 aliphatic rings. The number of carbonyl (C=O) groups excluding carboxylic acids is 1.